The van der Waals surface area contributed by atoms with Crippen molar-refractivity contribution < 1.29 is 14.3 Å². The zero-order chi connectivity index (χ0) is 15.5. The summed E-state index contributed by atoms with van der Waals surface area (Å²) in [6.07, 6.45) is 9.41. The fourth-order valence-electron chi connectivity index (χ4n) is 2.27. The van der Waals surface area contributed by atoms with E-state index in [4.69, 9.17) is 9.47 Å². The lowest BCUT2D eigenvalue weighted by molar-refractivity contribution is -0.134. The fourth-order valence-corrected chi connectivity index (χ4v) is 2.27. The van der Waals surface area contributed by atoms with Crippen LogP contribution in [0.15, 0.2) is 24.8 Å². The van der Waals surface area contributed by atoms with Gasteiger partial charge >= 0.3 is 0 Å². The number of nitrogens with zero attached hydrogens (tertiary/aromatic N) is 1. The van der Waals surface area contributed by atoms with Crippen molar-refractivity contribution in [2.75, 3.05) is 26.4 Å². The van der Waals surface area contributed by atoms with E-state index in [1.54, 1.807) is 17.1 Å². The van der Waals surface area contributed by atoms with Crippen LogP contribution < -0.4 is 0 Å². The van der Waals surface area contributed by atoms with Gasteiger partial charge < -0.3 is 14.4 Å². The first-order valence-electron chi connectivity index (χ1n) is 8.03. The molecule has 0 radical (unpaired) electrons. The van der Waals surface area contributed by atoms with Gasteiger partial charge in [-0.2, -0.15) is 0 Å². The van der Waals surface area contributed by atoms with Crippen molar-refractivity contribution in [2.45, 2.75) is 51.7 Å². The predicted molar refractivity (Wildman–Crippen MR) is 85.2 cm³/mol. The Balaban J connectivity index is 2.64. The number of unbranched alkanes of at least 4 members (excludes halogenated alkanes) is 2. The summed E-state index contributed by atoms with van der Waals surface area (Å²) in [6, 6.07) is -0.0609. The van der Waals surface area contributed by atoms with E-state index in [0.29, 0.717) is 19.8 Å². The molecule has 0 saturated carbocycles. The molecule has 0 saturated heterocycles. The lowest BCUT2D eigenvalue weighted by Crippen LogP contribution is -2.52. The number of carbonyl (C=O) groups excluding carboxylic acids is 1. The number of carbonyl (C=O) groups is 1. The SMILES string of the molecule is C=CCN1C(=O)C=CC(OCCCC)C1COCCCC. The fraction of sp³-hybridized carbons (Fsp3) is 0.706. The average molecular weight is 295 g/mol. The van der Waals surface area contributed by atoms with Crippen LogP contribution in [0.4, 0.5) is 0 Å². The van der Waals surface area contributed by atoms with E-state index >= 15 is 0 Å². The van der Waals surface area contributed by atoms with Crippen molar-refractivity contribution in [1.29, 1.82) is 0 Å². The molecule has 1 aliphatic rings. The summed E-state index contributed by atoms with van der Waals surface area (Å²) in [5.74, 6) is 0.00864. The minimum Gasteiger partial charge on any atom is -0.379 e. The van der Waals surface area contributed by atoms with Gasteiger partial charge in [0.05, 0.1) is 18.8 Å². The lowest BCUT2D eigenvalue weighted by atomic mass is 10.0. The average Bonchev–Trinajstić information content (AvgIpc) is 2.49. The molecule has 0 spiro atoms. The third-order valence-electron chi connectivity index (χ3n) is 3.56. The smallest absolute Gasteiger partial charge is 0.247 e. The van der Waals surface area contributed by atoms with E-state index in [-0.39, 0.29) is 18.1 Å². The summed E-state index contributed by atoms with van der Waals surface area (Å²) in [5, 5.41) is 0. The third-order valence-corrected chi connectivity index (χ3v) is 3.56. The molecule has 4 nitrogen and oxygen atoms in total. The first-order chi connectivity index (χ1) is 10.2. The Labute approximate surface area is 128 Å². The quantitative estimate of drug-likeness (QED) is 0.434. The van der Waals surface area contributed by atoms with Crippen LogP contribution in [0.5, 0.6) is 0 Å². The van der Waals surface area contributed by atoms with E-state index in [1.807, 2.05) is 6.08 Å². The monoisotopic (exact) mass is 295 g/mol. The second-order valence-corrected chi connectivity index (χ2v) is 5.32. The Kier molecular flexibility index (Phi) is 9.02. The van der Waals surface area contributed by atoms with Crippen molar-refractivity contribution in [3.63, 3.8) is 0 Å². The Morgan fingerprint density at radius 1 is 1.29 bits per heavy atom. The molecule has 2 unspecified atom stereocenters. The van der Waals surface area contributed by atoms with E-state index in [9.17, 15) is 4.79 Å². The van der Waals surface area contributed by atoms with Crippen molar-refractivity contribution >= 4 is 5.91 Å². The van der Waals surface area contributed by atoms with Gasteiger partial charge in [0, 0.05) is 25.8 Å². The maximum absolute atomic E-state index is 12.0. The molecule has 4 heteroatoms. The highest BCUT2D eigenvalue weighted by molar-refractivity contribution is 5.89. The van der Waals surface area contributed by atoms with Crippen LogP contribution in [-0.4, -0.2) is 49.3 Å². The summed E-state index contributed by atoms with van der Waals surface area (Å²) >= 11 is 0. The Hall–Kier alpha value is -1.13. The Morgan fingerprint density at radius 2 is 2.00 bits per heavy atom. The van der Waals surface area contributed by atoms with E-state index in [0.717, 1.165) is 32.3 Å². The van der Waals surface area contributed by atoms with Crippen LogP contribution in [0.25, 0.3) is 0 Å². The molecule has 0 N–H and O–H groups in total. The second kappa shape index (κ2) is 10.6. The van der Waals surface area contributed by atoms with Gasteiger partial charge in [-0.15, -0.1) is 6.58 Å². The lowest BCUT2D eigenvalue weighted by Gasteiger charge is -2.37. The van der Waals surface area contributed by atoms with Gasteiger partial charge in [-0.25, -0.2) is 0 Å². The van der Waals surface area contributed by atoms with E-state index < -0.39 is 0 Å². The molecule has 1 aliphatic heterocycles. The van der Waals surface area contributed by atoms with Crippen molar-refractivity contribution in [1.82, 2.24) is 4.90 Å². The zero-order valence-electron chi connectivity index (χ0n) is 13.4. The minimum atomic E-state index is -0.0872. The summed E-state index contributed by atoms with van der Waals surface area (Å²) < 4.78 is 11.7. The van der Waals surface area contributed by atoms with Gasteiger partial charge in [0.15, 0.2) is 0 Å². The molecule has 0 aromatic carbocycles. The highest BCUT2D eigenvalue weighted by Crippen LogP contribution is 2.17. The molecule has 0 bridgehead atoms. The number of hydrogen-bond donors (Lipinski definition) is 0. The van der Waals surface area contributed by atoms with Crippen LogP contribution in [0.3, 0.4) is 0 Å². The van der Waals surface area contributed by atoms with Gasteiger partial charge in [0.2, 0.25) is 5.91 Å². The highest BCUT2D eigenvalue weighted by Gasteiger charge is 2.32. The Bertz CT molecular complexity index is 341. The van der Waals surface area contributed by atoms with Crippen molar-refractivity contribution in [2.24, 2.45) is 0 Å². The first-order valence-corrected chi connectivity index (χ1v) is 8.03. The molecule has 1 heterocycles. The molecular weight excluding hydrogens is 266 g/mol. The molecule has 2 atom stereocenters. The Morgan fingerprint density at radius 3 is 2.67 bits per heavy atom. The number of amides is 1. The van der Waals surface area contributed by atoms with Crippen LogP contribution in [-0.2, 0) is 14.3 Å². The van der Waals surface area contributed by atoms with E-state index in [2.05, 4.69) is 20.4 Å². The molecule has 0 aliphatic carbocycles. The minimum absolute atomic E-state index is 0.00864. The van der Waals surface area contributed by atoms with Crippen LogP contribution in [0.1, 0.15) is 39.5 Å². The molecular formula is C17H29NO3. The molecule has 0 aromatic rings. The highest BCUT2D eigenvalue weighted by atomic mass is 16.5. The molecule has 1 rings (SSSR count). The molecule has 120 valence electrons. The van der Waals surface area contributed by atoms with Crippen molar-refractivity contribution in [3.05, 3.63) is 24.8 Å². The number of hydrogen-bond acceptors (Lipinski definition) is 3. The van der Waals surface area contributed by atoms with Crippen LogP contribution >= 0.6 is 0 Å². The summed E-state index contributed by atoms with van der Waals surface area (Å²) in [5.41, 5.74) is 0. The predicted octanol–water partition coefficient (Wildman–Crippen LogP) is 2.94. The van der Waals surface area contributed by atoms with Crippen LogP contribution in [0.2, 0.25) is 0 Å². The molecule has 1 amide bonds. The molecule has 0 aromatic heterocycles. The first kappa shape index (κ1) is 17.9. The normalized spacial score (nSPS) is 21.8. The number of ether oxygens (including phenoxy) is 2. The summed E-state index contributed by atoms with van der Waals surface area (Å²) in [6.45, 7) is 10.5. The zero-order valence-corrected chi connectivity index (χ0v) is 13.4. The van der Waals surface area contributed by atoms with E-state index in [1.165, 1.54) is 0 Å². The maximum atomic E-state index is 12.0. The standard InChI is InChI=1S/C17H29NO3/c1-4-7-12-20-14-15-16(21-13-8-5-2)9-10-17(19)18(15)11-6-3/h6,9-10,15-16H,3-5,7-8,11-14H2,1-2H3. The molecule has 0 fully saturated rings. The van der Waals surface area contributed by atoms with Crippen molar-refractivity contribution in [3.8, 4) is 0 Å². The van der Waals surface area contributed by atoms with Gasteiger partial charge in [-0.1, -0.05) is 32.8 Å². The summed E-state index contributed by atoms with van der Waals surface area (Å²) in [7, 11) is 0. The maximum Gasteiger partial charge on any atom is 0.247 e. The van der Waals surface area contributed by atoms with Gasteiger partial charge in [-0.05, 0) is 18.9 Å². The largest absolute Gasteiger partial charge is 0.379 e. The topological polar surface area (TPSA) is 38.8 Å². The number of rotatable bonds is 11. The summed E-state index contributed by atoms with van der Waals surface area (Å²) in [4.78, 5) is 13.8. The third kappa shape index (κ3) is 6.02. The van der Waals surface area contributed by atoms with Gasteiger partial charge in [-0.3, -0.25) is 4.79 Å². The van der Waals surface area contributed by atoms with Crippen LogP contribution in [0, 0.1) is 0 Å². The van der Waals surface area contributed by atoms with Gasteiger partial charge in [0.1, 0.15) is 0 Å². The second-order valence-electron chi connectivity index (χ2n) is 5.32. The van der Waals surface area contributed by atoms with Gasteiger partial charge in [0.25, 0.3) is 0 Å². The molecule has 21 heavy (non-hydrogen) atoms.